The first-order valence-electron chi connectivity index (χ1n) is 4.85. The minimum atomic E-state index is -0.304. The molecule has 0 saturated carbocycles. The summed E-state index contributed by atoms with van der Waals surface area (Å²) in [5.74, 6) is -0.304. The van der Waals surface area contributed by atoms with E-state index in [1.54, 1.807) is 13.2 Å². The highest BCUT2D eigenvalue weighted by Crippen LogP contribution is 2.26. The zero-order valence-electron chi connectivity index (χ0n) is 8.52. The Morgan fingerprint density at radius 1 is 1.53 bits per heavy atom. The van der Waals surface area contributed by atoms with Crippen molar-refractivity contribution in [3.63, 3.8) is 0 Å². The first-order chi connectivity index (χ1) is 7.15. The van der Waals surface area contributed by atoms with Crippen molar-refractivity contribution in [3.8, 4) is 0 Å². The molecule has 0 radical (unpaired) electrons. The summed E-state index contributed by atoms with van der Waals surface area (Å²) in [5.41, 5.74) is 0.767. The molecule has 0 bridgehead atoms. The second-order valence-electron chi connectivity index (χ2n) is 3.90. The maximum absolute atomic E-state index is 12.8. The predicted octanol–water partition coefficient (Wildman–Crippen LogP) is 2.01. The Morgan fingerprint density at radius 2 is 2.27 bits per heavy atom. The molecule has 0 unspecified atom stereocenters. The van der Waals surface area contributed by atoms with Gasteiger partial charge in [-0.2, -0.15) is 0 Å². The van der Waals surface area contributed by atoms with Gasteiger partial charge < -0.3 is 10.1 Å². The van der Waals surface area contributed by atoms with Gasteiger partial charge >= 0.3 is 0 Å². The molecule has 15 heavy (non-hydrogen) atoms. The summed E-state index contributed by atoms with van der Waals surface area (Å²) in [4.78, 5) is 0. The van der Waals surface area contributed by atoms with Gasteiger partial charge in [0.05, 0.1) is 5.60 Å². The Labute approximate surface area is 93.4 Å². The molecule has 1 N–H and O–H groups in total. The third-order valence-electron chi connectivity index (χ3n) is 2.86. The SMILES string of the molecule is COC1(Cc2ccc(F)cc2Cl)CNC1. The van der Waals surface area contributed by atoms with Crippen LogP contribution in [0.25, 0.3) is 0 Å². The Morgan fingerprint density at radius 3 is 2.73 bits per heavy atom. The van der Waals surface area contributed by atoms with Crippen LogP contribution in [-0.4, -0.2) is 25.8 Å². The van der Waals surface area contributed by atoms with Gasteiger partial charge in [-0.3, -0.25) is 0 Å². The maximum Gasteiger partial charge on any atom is 0.124 e. The van der Waals surface area contributed by atoms with Crippen molar-refractivity contribution < 1.29 is 9.13 Å². The van der Waals surface area contributed by atoms with Crippen molar-refractivity contribution in [2.75, 3.05) is 20.2 Å². The van der Waals surface area contributed by atoms with Gasteiger partial charge in [0, 0.05) is 31.6 Å². The van der Waals surface area contributed by atoms with Crippen LogP contribution < -0.4 is 5.32 Å². The number of hydrogen-bond acceptors (Lipinski definition) is 2. The van der Waals surface area contributed by atoms with Crippen LogP contribution in [0.5, 0.6) is 0 Å². The molecule has 0 spiro atoms. The van der Waals surface area contributed by atoms with Crippen molar-refractivity contribution in [3.05, 3.63) is 34.6 Å². The standard InChI is InChI=1S/C11H13ClFNO/c1-15-11(6-14-7-11)5-8-2-3-9(13)4-10(8)12/h2-4,14H,5-7H2,1H3. The van der Waals surface area contributed by atoms with E-state index in [1.165, 1.54) is 12.1 Å². The van der Waals surface area contributed by atoms with Crippen LogP contribution in [0, 0.1) is 5.82 Å². The highest BCUT2D eigenvalue weighted by molar-refractivity contribution is 6.31. The van der Waals surface area contributed by atoms with Crippen LogP contribution in [0.3, 0.4) is 0 Å². The van der Waals surface area contributed by atoms with Crippen LogP contribution in [0.1, 0.15) is 5.56 Å². The van der Waals surface area contributed by atoms with Crippen LogP contribution >= 0.6 is 11.6 Å². The van der Waals surface area contributed by atoms with E-state index < -0.39 is 0 Å². The minimum Gasteiger partial charge on any atom is -0.375 e. The number of halogens is 2. The number of benzene rings is 1. The Kier molecular flexibility index (Phi) is 2.96. The molecule has 2 rings (SSSR count). The van der Waals surface area contributed by atoms with E-state index in [2.05, 4.69) is 5.32 Å². The van der Waals surface area contributed by atoms with E-state index in [0.717, 1.165) is 25.1 Å². The van der Waals surface area contributed by atoms with Crippen molar-refractivity contribution >= 4 is 11.6 Å². The van der Waals surface area contributed by atoms with Crippen molar-refractivity contribution in [2.24, 2.45) is 0 Å². The summed E-state index contributed by atoms with van der Waals surface area (Å²) in [6, 6.07) is 4.49. The number of methoxy groups -OCH3 is 1. The molecule has 2 nitrogen and oxygen atoms in total. The smallest absolute Gasteiger partial charge is 0.124 e. The number of hydrogen-bond donors (Lipinski definition) is 1. The predicted molar refractivity (Wildman–Crippen MR) is 57.7 cm³/mol. The lowest BCUT2D eigenvalue weighted by Crippen LogP contribution is -2.61. The highest BCUT2D eigenvalue weighted by atomic mass is 35.5. The first kappa shape index (κ1) is 10.9. The van der Waals surface area contributed by atoms with Gasteiger partial charge in [0.25, 0.3) is 0 Å². The first-order valence-corrected chi connectivity index (χ1v) is 5.23. The summed E-state index contributed by atoms with van der Waals surface area (Å²) < 4.78 is 18.3. The third-order valence-corrected chi connectivity index (χ3v) is 3.21. The molecule has 1 aromatic rings. The van der Waals surface area contributed by atoms with Gasteiger partial charge in [-0.1, -0.05) is 17.7 Å². The molecular formula is C11H13ClFNO. The van der Waals surface area contributed by atoms with E-state index in [0.29, 0.717) is 5.02 Å². The van der Waals surface area contributed by atoms with E-state index >= 15 is 0 Å². The van der Waals surface area contributed by atoms with E-state index in [9.17, 15) is 4.39 Å². The molecule has 4 heteroatoms. The summed E-state index contributed by atoms with van der Waals surface area (Å²) in [6.45, 7) is 1.63. The van der Waals surface area contributed by atoms with Gasteiger partial charge in [-0.05, 0) is 17.7 Å². The highest BCUT2D eigenvalue weighted by Gasteiger charge is 2.37. The molecule has 0 amide bonds. The van der Waals surface area contributed by atoms with Crippen LogP contribution in [0.15, 0.2) is 18.2 Å². The fourth-order valence-corrected chi connectivity index (χ4v) is 1.99. The number of rotatable bonds is 3. The second-order valence-corrected chi connectivity index (χ2v) is 4.31. The van der Waals surface area contributed by atoms with Gasteiger partial charge in [-0.15, -0.1) is 0 Å². The van der Waals surface area contributed by atoms with E-state index in [4.69, 9.17) is 16.3 Å². The zero-order chi connectivity index (χ0) is 10.9. The van der Waals surface area contributed by atoms with Crippen LogP contribution in [-0.2, 0) is 11.2 Å². The summed E-state index contributed by atoms with van der Waals surface area (Å²) >= 11 is 5.96. The average molecular weight is 230 g/mol. The van der Waals surface area contributed by atoms with Gasteiger partial charge in [-0.25, -0.2) is 4.39 Å². The fraction of sp³-hybridized carbons (Fsp3) is 0.455. The third kappa shape index (κ3) is 2.14. The van der Waals surface area contributed by atoms with Crippen molar-refractivity contribution in [1.82, 2.24) is 5.32 Å². The lowest BCUT2D eigenvalue weighted by molar-refractivity contribution is -0.0502. The van der Waals surface area contributed by atoms with Crippen molar-refractivity contribution in [1.29, 1.82) is 0 Å². The van der Waals surface area contributed by atoms with E-state index in [-0.39, 0.29) is 11.4 Å². The van der Waals surface area contributed by atoms with Crippen molar-refractivity contribution in [2.45, 2.75) is 12.0 Å². The number of ether oxygens (including phenoxy) is 1. The molecule has 1 fully saturated rings. The monoisotopic (exact) mass is 229 g/mol. The quantitative estimate of drug-likeness (QED) is 0.856. The van der Waals surface area contributed by atoms with Gasteiger partial charge in [0.1, 0.15) is 5.82 Å². The molecule has 1 aliphatic heterocycles. The maximum atomic E-state index is 12.8. The van der Waals surface area contributed by atoms with Gasteiger partial charge in [0.2, 0.25) is 0 Å². The van der Waals surface area contributed by atoms with E-state index in [1.807, 2.05) is 0 Å². The second kappa shape index (κ2) is 4.08. The molecule has 1 aromatic carbocycles. The topological polar surface area (TPSA) is 21.3 Å². The normalized spacial score (nSPS) is 18.6. The van der Waals surface area contributed by atoms with Gasteiger partial charge in [0.15, 0.2) is 0 Å². The summed E-state index contributed by atoms with van der Waals surface area (Å²) in [6.07, 6.45) is 0.718. The Balaban J connectivity index is 2.16. The molecule has 0 aliphatic carbocycles. The summed E-state index contributed by atoms with van der Waals surface area (Å²) in [5, 5.41) is 3.63. The molecule has 0 aromatic heterocycles. The molecule has 1 saturated heterocycles. The minimum absolute atomic E-state index is 0.165. The fourth-order valence-electron chi connectivity index (χ4n) is 1.76. The Hall–Kier alpha value is -0.640. The lowest BCUT2D eigenvalue weighted by atomic mass is 9.89. The molecule has 1 aliphatic rings. The largest absolute Gasteiger partial charge is 0.375 e. The molecular weight excluding hydrogens is 217 g/mol. The average Bonchev–Trinajstić information content (AvgIpc) is 2.14. The molecule has 0 atom stereocenters. The molecule has 82 valence electrons. The number of nitrogens with one attached hydrogen (secondary N) is 1. The zero-order valence-corrected chi connectivity index (χ0v) is 9.27. The summed E-state index contributed by atoms with van der Waals surface area (Å²) in [7, 11) is 1.69. The lowest BCUT2D eigenvalue weighted by Gasteiger charge is -2.41. The molecule has 1 heterocycles. The van der Waals surface area contributed by atoms with Crippen LogP contribution in [0.4, 0.5) is 4.39 Å². The Bertz CT molecular complexity index is 360. The van der Waals surface area contributed by atoms with Crippen LogP contribution in [0.2, 0.25) is 5.02 Å².